The number of hydrogen-bond donors (Lipinski definition) is 2. The van der Waals surface area contributed by atoms with Gasteiger partial charge in [0.1, 0.15) is 5.84 Å². The predicted octanol–water partition coefficient (Wildman–Crippen LogP) is 2.14. The average molecular weight is 251 g/mol. The van der Waals surface area contributed by atoms with E-state index in [-0.39, 0.29) is 0 Å². The molecule has 2 atom stereocenters. The van der Waals surface area contributed by atoms with Crippen LogP contribution in [-0.4, -0.2) is 31.2 Å². The van der Waals surface area contributed by atoms with Crippen molar-refractivity contribution in [1.82, 2.24) is 10.0 Å². The van der Waals surface area contributed by atoms with Crippen LogP contribution in [0.4, 0.5) is 0 Å². The molecule has 2 bridgehead atoms. The number of aliphatic imine (C=N–C) groups is 1. The van der Waals surface area contributed by atoms with Crippen LogP contribution in [0.25, 0.3) is 0 Å². The molecule has 3 nitrogen and oxygen atoms in total. The minimum Gasteiger partial charge on any atom is -0.318 e. The second-order valence-electron chi connectivity index (χ2n) is 4.40. The Hall–Kier alpha value is -0.740. The maximum Gasteiger partial charge on any atom is 0.113 e. The minimum atomic E-state index is 0.473. The van der Waals surface area contributed by atoms with E-state index in [1.54, 1.807) is 11.9 Å². The summed E-state index contributed by atoms with van der Waals surface area (Å²) >= 11 is 1.79. The van der Waals surface area contributed by atoms with E-state index in [0.29, 0.717) is 11.2 Å². The highest BCUT2D eigenvalue weighted by atomic mass is 32.2. The van der Waals surface area contributed by atoms with Crippen molar-refractivity contribution in [2.24, 2.45) is 10.9 Å². The van der Waals surface area contributed by atoms with Crippen molar-refractivity contribution in [1.29, 1.82) is 0 Å². The lowest BCUT2D eigenvalue weighted by molar-refractivity contribution is 0.724. The first kappa shape index (κ1) is 12.7. The smallest absolute Gasteiger partial charge is 0.113 e. The Labute approximate surface area is 108 Å². The van der Waals surface area contributed by atoms with E-state index in [0.717, 1.165) is 31.8 Å². The third-order valence-corrected chi connectivity index (χ3v) is 3.99. The van der Waals surface area contributed by atoms with Gasteiger partial charge in [-0.3, -0.25) is 4.99 Å². The van der Waals surface area contributed by atoms with Crippen molar-refractivity contribution < 1.29 is 0 Å². The van der Waals surface area contributed by atoms with Gasteiger partial charge in [-0.05, 0) is 38.3 Å². The molecule has 2 aliphatic rings. The van der Waals surface area contributed by atoms with Crippen LogP contribution in [-0.2, 0) is 0 Å². The van der Waals surface area contributed by atoms with Gasteiger partial charge >= 0.3 is 0 Å². The maximum absolute atomic E-state index is 4.64. The van der Waals surface area contributed by atoms with Gasteiger partial charge in [-0.2, -0.15) is 0 Å². The Balaban J connectivity index is 2.03. The van der Waals surface area contributed by atoms with E-state index >= 15 is 0 Å². The van der Waals surface area contributed by atoms with Crippen LogP contribution in [0.2, 0.25) is 0 Å². The largest absolute Gasteiger partial charge is 0.318 e. The van der Waals surface area contributed by atoms with Gasteiger partial charge in [0, 0.05) is 17.7 Å². The summed E-state index contributed by atoms with van der Waals surface area (Å²) in [6.45, 7) is 1.79. The first-order valence-electron chi connectivity index (χ1n) is 6.34. The number of fused-ring (bicyclic) bond motifs is 2. The fraction of sp³-hybridized carbons (Fsp3) is 0.615. The van der Waals surface area contributed by atoms with Crippen LogP contribution < -0.4 is 10.0 Å². The monoisotopic (exact) mass is 251 g/mol. The number of likely N-dealkylation sites (N-methyl/N-ethyl adjacent to an activating group) is 1. The highest BCUT2D eigenvalue weighted by Gasteiger charge is 2.24. The zero-order chi connectivity index (χ0) is 11.9. The van der Waals surface area contributed by atoms with Gasteiger partial charge in [0.05, 0.1) is 6.54 Å². The van der Waals surface area contributed by atoms with Crippen molar-refractivity contribution in [3.05, 3.63) is 24.3 Å². The van der Waals surface area contributed by atoms with E-state index in [1.807, 2.05) is 7.05 Å². The van der Waals surface area contributed by atoms with Crippen molar-refractivity contribution in [3.8, 4) is 0 Å². The molecule has 0 amide bonds. The quantitative estimate of drug-likeness (QED) is 0.458. The number of allylic oxidation sites excluding steroid dienone is 2. The van der Waals surface area contributed by atoms with Gasteiger partial charge in [-0.15, -0.1) is 0 Å². The number of nitrogens with one attached hydrogen (secondary N) is 2. The van der Waals surface area contributed by atoms with Crippen LogP contribution in [0.3, 0.4) is 0 Å². The molecule has 17 heavy (non-hydrogen) atoms. The lowest BCUT2D eigenvalue weighted by Crippen LogP contribution is -2.34. The lowest BCUT2D eigenvalue weighted by Gasteiger charge is -2.27. The van der Waals surface area contributed by atoms with E-state index in [1.165, 1.54) is 6.42 Å². The number of nitrogens with zero attached hydrogens (tertiary/aromatic N) is 1. The molecular formula is C13H21N3S. The maximum atomic E-state index is 4.64. The van der Waals surface area contributed by atoms with Gasteiger partial charge < -0.3 is 10.0 Å². The molecule has 2 N–H and O–H groups in total. The minimum absolute atomic E-state index is 0.473. The van der Waals surface area contributed by atoms with E-state index in [2.05, 4.69) is 39.3 Å². The Morgan fingerprint density at radius 1 is 1.41 bits per heavy atom. The summed E-state index contributed by atoms with van der Waals surface area (Å²) < 4.78 is 3.41. The van der Waals surface area contributed by atoms with Crippen molar-refractivity contribution in [3.63, 3.8) is 0 Å². The SMILES string of the molecule is CNCCN=C1NSC2/C=C\CC/C=C\C1C2. The van der Waals surface area contributed by atoms with Gasteiger partial charge in [0.2, 0.25) is 0 Å². The Bertz CT molecular complexity index is 323. The molecule has 2 unspecified atom stereocenters. The summed E-state index contributed by atoms with van der Waals surface area (Å²) in [5.74, 6) is 1.62. The number of hydrogen-bond acceptors (Lipinski definition) is 3. The van der Waals surface area contributed by atoms with Gasteiger partial charge in [-0.25, -0.2) is 0 Å². The molecular weight excluding hydrogens is 230 g/mol. The summed E-state index contributed by atoms with van der Waals surface area (Å²) in [6.07, 6.45) is 12.7. The Kier molecular flexibility index (Phi) is 5.13. The molecule has 1 fully saturated rings. The summed E-state index contributed by atoms with van der Waals surface area (Å²) in [5, 5.41) is 3.71. The van der Waals surface area contributed by atoms with Gasteiger partial charge in [0.25, 0.3) is 0 Å². The molecule has 0 saturated carbocycles. The highest BCUT2D eigenvalue weighted by Crippen LogP contribution is 2.27. The molecule has 0 aromatic carbocycles. The van der Waals surface area contributed by atoms with Crippen LogP contribution in [0, 0.1) is 5.92 Å². The highest BCUT2D eigenvalue weighted by molar-refractivity contribution is 7.98. The zero-order valence-electron chi connectivity index (χ0n) is 10.4. The molecule has 0 spiro atoms. The predicted molar refractivity (Wildman–Crippen MR) is 76.4 cm³/mol. The fourth-order valence-corrected chi connectivity index (χ4v) is 3.03. The first-order valence-corrected chi connectivity index (χ1v) is 7.22. The molecule has 1 saturated heterocycles. The Morgan fingerprint density at radius 2 is 2.24 bits per heavy atom. The molecule has 1 aliphatic heterocycles. The van der Waals surface area contributed by atoms with Crippen molar-refractivity contribution in [2.45, 2.75) is 24.5 Å². The van der Waals surface area contributed by atoms with E-state index < -0.39 is 0 Å². The summed E-state index contributed by atoms with van der Waals surface area (Å²) in [4.78, 5) is 4.64. The van der Waals surface area contributed by atoms with E-state index in [4.69, 9.17) is 0 Å². The van der Waals surface area contributed by atoms with Crippen molar-refractivity contribution in [2.75, 3.05) is 20.1 Å². The third-order valence-electron chi connectivity index (χ3n) is 3.02. The molecule has 2 rings (SSSR count). The molecule has 94 valence electrons. The summed E-state index contributed by atoms with van der Waals surface area (Å²) in [7, 11) is 1.96. The number of rotatable bonds is 3. The second kappa shape index (κ2) is 6.87. The Morgan fingerprint density at radius 3 is 3.06 bits per heavy atom. The van der Waals surface area contributed by atoms with E-state index in [9.17, 15) is 0 Å². The molecule has 1 aliphatic carbocycles. The molecule has 0 aromatic heterocycles. The molecule has 4 heteroatoms. The van der Waals surface area contributed by atoms with Crippen LogP contribution >= 0.6 is 11.9 Å². The van der Waals surface area contributed by atoms with Gasteiger partial charge in [0.15, 0.2) is 0 Å². The lowest BCUT2D eigenvalue weighted by atomic mass is 10.0. The van der Waals surface area contributed by atoms with Gasteiger partial charge in [-0.1, -0.05) is 24.3 Å². The summed E-state index contributed by atoms with van der Waals surface area (Å²) in [5.41, 5.74) is 0. The third kappa shape index (κ3) is 3.89. The second-order valence-corrected chi connectivity index (χ2v) is 5.45. The fourth-order valence-electron chi connectivity index (χ4n) is 2.05. The average Bonchev–Trinajstić information content (AvgIpc) is 2.44. The zero-order valence-corrected chi connectivity index (χ0v) is 11.2. The normalized spacial score (nSPS) is 34.3. The standard InChI is InChI=1S/C13H21N3S/c1-14-8-9-15-13-11-6-4-2-3-5-7-12(10-11)17-16-13/h4-7,11-12,14H,2-3,8-10H2,1H3,(H,15,16)/b6-4-,7-5-. The summed E-state index contributed by atoms with van der Waals surface area (Å²) in [6, 6.07) is 0. The van der Waals surface area contributed by atoms with Crippen LogP contribution in [0.1, 0.15) is 19.3 Å². The number of amidine groups is 1. The molecule has 0 radical (unpaired) electrons. The molecule has 1 heterocycles. The van der Waals surface area contributed by atoms with Crippen molar-refractivity contribution >= 4 is 17.8 Å². The van der Waals surface area contributed by atoms with Crippen LogP contribution in [0.5, 0.6) is 0 Å². The topological polar surface area (TPSA) is 36.4 Å². The van der Waals surface area contributed by atoms with Crippen LogP contribution in [0.15, 0.2) is 29.3 Å². The molecule has 0 aromatic rings. The first-order chi connectivity index (χ1) is 8.40.